The van der Waals surface area contributed by atoms with Crippen LogP contribution in [-0.4, -0.2) is 37.0 Å². The highest BCUT2D eigenvalue weighted by molar-refractivity contribution is 5.94. The molecule has 0 aromatic carbocycles. The summed E-state index contributed by atoms with van der Waals surface area (Å²) in [6.07, 6.45) is 4.98. The zero-order valence-electron chi connectivity index (χ0n) is 13.9. The molecule has 2 atom stereocenters. The van der Waals surface area contributed by atoms with Crippen molar-refractivity contribution in [3.8, 4) is 0 Å². The quantitative estimate of drug-likeness (QED) is 0.580. The predicted octanol–water partition coefficient (Wildman–Crippen LogP) is 3.40. The van der Waals surface area contributed by atoms with E-state index in [0.29, 0.717) is 37.2 Å². The molecule has 22 heavy (non-hydrogen) atoms. The molecule has 2 unspecified atom stereocenters. The normalized spacial score (nSPS) is 21.4. The van der Waals surface area contributed by atoms with Crippen molar-refractivity contribution in [3.05, 3.63) is 24.3 Å². The Morgan fingerprint density at radius 3 is 1.68 bits per heavy atom. The molecule has 0 amide bonds. The van der Waals surface area contributed by atoms with Crippen molar-refractivity contribution in [1.29, 1.82) is 0 Å². The van der Waals surface area contributed by atoms with Gasteiger partial charge in [0.2, 0.25) is 0 Å². The highest BCUT2D eigenvalue weighted by Crippen LogP contribution is 2.24. The van der Waals surface area contributed by atoms with Gasteiger partial charge >= 0.3 is 0 Å². The summed E-state index contributed by atoms with van der Waals surface area (Å²) in [6, 6.07) is 0. The maximum Gasteiger partial charge on any atom is 0.160 e. The van der Waals surface area contributed by atoms with Crippen LogP contribution in [0.2, 0.25) is 0 Å². The fourth-order valence-corrected chi connectivity index (χ4v) is 2.47. The minimum atomic E-state index is 0.0573. The molecule has 0 radical (unpaired) electrons. The van der Waals surface area contributed by atoms with Crippen LogP contribution in [0.25, 0.3) is 0 Å². The smallest absolute Gasteiger partial charge is 0.160 e. The number of ketones is 2. The largest absolute Gasteiger partial charge is 0.378 e. The van der Waals surface area contributed by atoms with Gasteiger partial charge in [-0.1, -0.05) is 13.2 Å². The Labute approximate surface area is 133 Å². The van der Waals surface area contributed by atoms with E-state index in [1.54, 1.807) is 13.8 Å². The molecule has 4 heteroatoms. The molecule has 1 aliphatic rings. The summed E-state index contributed by atoms with van der Waals surface area (Å²) in [5, 5.41) is 0. The lowest BCUT2D eigenvalue weighted by Crippen LogP contribution is -2.29. The minimum absolute atomic E-state index is 0.0573. The Hall–Kier alpha value is -1.26. The lowest BCUT2D eigenvalue weighted by Gasteiger charge is -2.29. The van der Waals surface area contributed by atoms with Crippen molar-refractivity contribution in [2.24, 2.45) is 0 Å². The molecule has 1 rings (SSSR count). The third-order valence-corrected chi connectivity index (χ3v) is 3.90. The van der Waals surface area contributed by atoms with Crippen molar-refractivity contribution in [2.45, 2.75) is 64.6 Å². The van der Waals surface area contributed by atoms with Gasteiger partial charge in [-0.05, 0) is 50.7 Å². The van der Waals surface area contributed by atoms with Crippen LogP contribution in [-0.2, 0) is 19.1 Å². The van der Waals surface area contributed by atoms with E-state index in [0.717, 1.165) is 25.7 Å². The van der Waals surface area contributed by atoms with E-state index in [1.807, 2.05) is 0 Å². The van der Waals surface area contributed by atoms with Crippen LogP contribution in [0.3, 0.4) is 0 Å². The molecular formula is C18H28O4. The van der Waals surface area contributed by atoms with Gasteiger partial charge < -0.3 is 9.47 Å². The first-order chi connectivity index (χ1) is 10.4. The van der Waals surface area contributed by atoms with Gasteiger partial charge in [0, 0.05) is 12.8 Å². The van der Waals surface area contributed by atoms with Crippen LogP contribution in [0.4, 0.5) is 0 Å². The van der Waals surface area contributed by atoms with Crippen LogP contribution in [0.1, 0.15) is 52.4 Å². The number of carbonyl (C=O) groups excluding carboxylic acids is 2. The lowest BCUT2D eigenvalue weighted by molar-refractivity contribution is -0.117. The zero-order chi connectivity index (χ0) is 16.5. The van der Waals surface area contributed by atoms with Crippen molar-refractivity contribution in [3.63, 3.8) is 0 Å². The molecule has 0 saturated heterocycles. The number of ether oxygens (including phenoxy) is 2. The van der Waals surface area contributed by atoms with E-state index in [4.69, 9.17) is 9.47 Å². The number of Topliss-reactive ketones (excluding diaryl/α,β-unsaturated/α-hetero) is 2. The second-order valence-electron chi connectivity index (χ2n) is 6.06. The van der Waals surface area contributed by atoms with E-state index in [9.17, 15) is 9.59 Å². The fraction of sp³-hybridized carbons (Fsp3) is 0.667. The molecule has 0 aromatic heterocycles. The first-order valence-electron chi connectivity index (χ1n) is 8.00. The van der Waals surface area contributed by atoms with Crippen molar-refractivity contribution >= 4 is 11.6 Å². The van der Waals surface area contributed by atoms with Gasteiger partial charge in [-0.2, -0.15) is 0 Å². The average Bonchev–Trinajstić information content (AvgIpc) is 2.47. The number of allylic oxidation sites excluding steroid dienone is 2. The first-order valence-corrected chi connectivity index (χ1v) is 8.00. The maximum atomic E-state index is 11.5. The molecule has 1 saturated carbocycles. The van der Waals surface area contributed by atoms with E-state index >= 15 is 0 Å². The van der Waals surface area contributed by atoms with Crippen molar-refractivity contribution in [1.82, 2.24) is 0 Å². The molecule has 0 aliphatic heterocycles. The van der Waals surface area contributed by atoms with E-state index in [1.165, 1.54) is 0 Å². The third-order valence-electron chi connectivity index (χ3n) is 3.90. The van der Waals surface area contributed by atoms with Gasteiger partial charge in [-0.3, -0.25) is 9.59 Å². The molecular weight excluding hydrogens is 280 g/mol. The summed E-state index contributed by atoms with van der Waals surface area (Å²) in [5.74, 6) is 0.115. The maximum absolute atomic E-state index is 11.5. The Kier molecular flexibility index (Phi) is 8.28. The van der Waals surface area contributed by atoms with Gasteiger partial charge in [0.25, 0.3) is 0 Å². The Morgan fingerprint density at radius 1 is 0.909 bits per heavy atom. The molecule has 1 aliphatic carbocycles. The molecule has 0 spiro atoms. The van der Waals surface area contributed by atoms with Gasteiger partial charge in [-0.25, -0.2) is 0 Å². The number of rotatable bonds is 10. The van der Waals surface area contributed by atoms with Crippen LogP contribution in [0.5, 0.6) is 0 Å². The topological polar surface area (TPSA) is 52.6 Å². The molecule has 124 valence electrons. The molecule has 0 aromatic rings. The van der Waals surface area contributed by atoms with Crippen LogP contribution >= 0.6 is 0 Å². The zero-order valence-corrected chi connectivity index (χ0v) is 13.9. The summed E-state index contributed by atoms with van der Waals surface area (Å²) < 4.78 is 11.6. The highest BCUT2D eigenvalue weighted by Gasteiger charge is 2.23. The summed E-state index contributed by atoms with van der Waals surface area (Å²) in [6.45, 7) is 11.6. The van der Waals surface area contributed by atoms with Crippen LogP contribution in [0, 0.1) is 0 Å². The predicted molar refractivity (Wildman–Crippen MR) is 86.8 cm³/mol. The molecule has 0 heterocycles. The Morgan fingerprint density at radius 2 is 1.32 bits per heavy atom. The average molecular weight is 308 g/mol. The number of carbonyl (C=O) groups is 2. The fourth-order valence-electron chi connectivity index (χ4n) is 2.47. The Bertz CT molecular complexity index is 387. The van der Waals surface area contributed by atoms with Gasteiger partial charge in [0.05, 0.1) is 25.4 Å². The first kappa shape index (κ1) is 18.8. The SMILES string of the molecule is C=C(C)C(=O)CCOC1CCCC(OCCC(=O)C(=C)C)C1. The number of hydrogen-bond donors (Lipinski definition) is 0. The second-order valence-corrected chi connectivity index (χ2v) is 6.06. The monoisotopic (exact) mass is 308 g/mol. The Balaban J connectivity index is 2.21. The highest BCUT2D eigenvalue weighted by atomic mass is 16.5. The molecule has 0 bridgehead atoms. The van der Waals surface area contributed by atoms with Gasteiger partial charge in [0.1, 0.15) is 0 Å². The summed E-state index contributed by atoms with van der Waals surface area (Å²) >= 11 is 0. The molecule has 0 N–H and O–H groups in total. The number of hydrogen-bond acceptors (Lipinski definition) is 4. The van der Waals surface area contributed by atoms with Crippen LogP contribution in [0.15, 0.2) is 24.3 Å². The minimum Gasteiger partial charge on any atom is -0.378 e. The van der Waals surface area contributed by atoms with E-state index in [2.05, 4.69) is 13.2 Å². The van der Waals surface area contributed by atoms with Crippen molar-refractivity contribution < 1.29 is 19.1 Å². The molecule has 1 fully saturated rings. The van der Waals surface area contributed by atoms with E-state index < -0.39 is 0 Å². The van der Waals surface area contributed by atoms with E-state index in [-0.39, 0.29) is 23.8 Å². The summed E-state index contributed by atoms with van der Waals surface area (Å²) in [7, 11) is 0. The van der Waals surface area contributed by atoms with Crippen LogP contribution < -0.4 is 0 Å². The molecule has 4 nitrogen and oxygen atoms in total. The second kappa shape index (κ2) is 9.70. The lowest BCUT2D eigenvalue weighted by atomic mass is 9.95. The van der Waals surface area contributed by atoms with Gasteiger partial charge in [0.15, 0.2) is 11.6 Å². The standard InChI is InChI=1S/C18H28O4/c1-13(2)17(19)8-10-21-15-6-5-7-16(12-15)22-11-9-18(20)14(3)4/h15-16H,1,3,5-12H2,2,4H3. The van der Waals surface area contributed by atoms with Crippen molar-refractivity contribution in [2.75, 3.05) is 13.2 Å². The third kappa shape index (κ3) is 7.14. The van der Waals surface area contributed by atoms with Gasteiger partial charge in [-0.15, -0.1) is 0 Å². The summed E-state index contributed by atoms with van der Waals surface area (Å²) in [5.41, 5.74) is 1.16. The summed E-state index contributed by atoms with van der Waals surface area (Å²) in [4.78, 5) is 22.9.